The van der Waals surface area contributed by atoms with E-state index in [0.717, 1.165) is 5.56 Å². The lowest BCUT2D eigenvalue weighted by molar-refractivity contribution is 0.594. The molecule has 0 saturated heterocycles. The molecule has 3 aromatic rings. The first-order valence-electron chi connectivity index (χ1n) is 5.51. The van der Waals surface area contributed by atoms with Gasteiger partial charge in [0.2, 0.25) is 0 Å². The molecule has 3 heterocycles. The number of fused-ring (bicyclic) bond motifs is 1. The second-order valence-corrected chi connectivity index (χ2v) is 4.43. The van der Waals surface area contributed by atoms with Gasteiger partial charge in [-0.2, -0.15) is 5.10 Å². The van der Waals surface area contributed by atoms with Crippen molar-refractivity contribution in [3.05, 3.63) is 45.6 Å². The van der Waals surface area contributed by atoms with Gasteiger partial charge in [-0.3, -0.25) is 4.79 Å². The Morgan fingerprint density at radius 3 is 2.89 bits per heavy atom. The van der Waals surface area contributed by atoms with Crippen LogP contribution in [0, 0.1) is 0 Å². The van der Waals surface area contributed by atoms with Crippen LogP contribution in [-0.4, -0.2) is 29.8 Å². The van der Waals surface area contributed by atoms with Gasteiger partial charge in [-0.05, 0) is 11.6 Å². The molecule has 0 radical (unpaired) electrons. The molecule has 8 heteroatoms. The summed E-state index contributed by atoms with van der Waals surface area (Å²) in [4.78, 5) is 16.1. The maximum absolute atomic E-state index is 12.2. The van der Waals surface area contributed by atoms with Crippen molar-refractivity contribution in [2.75, 3.05) is 0 Å². The average Bonchev–Trinajstić information content (AvgIpc) is 2.78. The molecule has 0 amide bonds. The number of nitrogens with zero attached hydrogens (tertiary/aromatic N) is 6. The Hall–Kier alpha value is -2.28. The SMILES string of the molecule is Cn1ncc2c(=O)n(Cc3ccc(Cl)nc3)nnc21. The fourth-order valence-corrected chi connectivity index (χ4v) is 1.86. The zero-order valence-corrected chi connectivity index (χ0v) is 10.7. The van der Waals surface area contributed by atoms with Crippen LogP contribution in [0.4, 0.5) is 0 Å². The molecule has 0 bridgehead atoms. The highest BCUT2D eigenvalue weighted by molar-refractivity contribution is 6.29. The Bertz CT molecular complexity index is 791. The van der Waals surface area contributed by atoms with E-state index in [1.807, 2.05) is 0 Å². The smallest absolute Gasteiger partial charge is 0.267 e. The van der Waals surface area contributed by atoms with E-state index in [0.29, 0.717) is 22.7 Å². The molecular formula is C11H9ClN6O. The first-order chi connectivity index (χ1) is 9.15. The number of hydrogen-bond acceptors (Lipinski definition) is 5. The molecule has 0 atom stereocenters. The maximum atomic E-state index is 12.2. The van der Waals surface area contributed by atoms with Crippen LogP contribution in [0.3, 0.4) is 0 Å². The van der Waals surface area contributed by atoms with Crippen molar-refractivity contribution in [1.82, 2.24) is 29.8 Å². The zero-order valence-electron chi connectivity index (χ0n) is 9.99. The highest BCUT2D eigenvalue weighted by Gasteiger charge is 2.09. The van der Waals surface area contributed by atoms with Gasteiger partial charge in [0.1, 0.15) is 10.5 Å². The maximum Gasteiger partial charge on any atom is 0.281 e. The van der Waals surface area contributed by atoms with E-state index in [1.54, 1.807) is 25.4 Å². The summed E-state index contributed by atoms with van der Waals surface area (Å²) in [6.07, 6.45) is 3.09. The molecule has 3 rings (SSSR count). The van der Waals surface area contributed by atoms with Crippen molar-refractivity contribution in [3.63, 3.8) is 0 Å². The number of aromatic nitrogens is 6. The molecule has 0 aliphatic heterocycles. The zero-order chi connectivity index (χ0) is 13.4. The van der Waals surface area contributed by atoms with Crippen LogP contribution in [0.5, 0.6) is 0 Å². The van der Waals surface area contributed by atoms with Crippen LogP contribution in [0.25, 0.3) is 11.0 Å². The van der Waals surface area contributed by atoms with E-state index in [4.69, 9.17) is 11.6 Å². The van der Waals surface area contributed by atoms with Crippen molar-refractivity contribution in [2.45, 2.75) is 6.54 Å². The molecule has 96 valence electrons. The second-order valence-electron chi connectivity index (χ2n) is 4.05. The summed E-state index contributed by atoms with van der Waals surface area (Å²) in [5.74, 6) is 0. The van der Waals surface area contributed by atoms with Crippen molar-refractivity contribution >= 4 is 22.6 Å². The number of hydrogen-bond donors (Lipinski definition) is 0. The Labute approximate surface area is 112 Å². The standard InChI is InChI=1S/C11H9ClN6O/c1-17-10-8(5-14-17)11(19)18(16-15-10)6-7-2-3-9(12)13-4-7/h2-5H,6H2,1H3. The third-order valence-corrected chi connectivity index (χ3v) is 2.96. The molecule has 0 unspecified atom stereocenters. The van der Waals surface area contributed by atoms with Crippen LogP contribution in [0.2, 0.25) is 5.15 Å². The Morgan fingerprint density at radius 2 is 2.16 bits per heavy atom. The van der Waals surface area contributed by atoms with Gasteiger partial charge in [-0.15, -0.1) is 5.10 Å². The topological polar surface area (TPSA) is 78.5 Å². The van der Waals surface area contributed by atoms with E-state index < -0.39 is 0 Å². The molecule has 0 aromatic carbocycles. The first kappa shape index (κ1) is 11.8. The Balaban J connectivity index is 2.04. The predicted molar refractivity (Wildman–Crippen MR) is 68.9 cm³/mol. The van der Waals surface area contributed by atoms with Crippen molar-refractivity contribution < 1.29 is 0 Å². The fourth-order valence-electron chi connectivity index (χ4n) is 1.75. The van der Waals surface area contributed by atoms with E-state index in [9.17, 15) is 4.79 Å². The average molecular weight is 277 g/mol. The molecule has 0 aliphatic carbocycles. The fraction of sp³-hybridized carbons (Fsp3) is 0.182. The highest BCUT2D eigenvalue weighted by atomic mass is 35.5. The van der Waals surface area contributed by atoms with E-state index in [1.165, 1.54) is 15.6 Å². The van der Waals surface area contributed by atoms with Gasteiger partial charge in [-0.1, -0.05) is 22.9 Å². The van der Waals surface area contributed by atoms with Crippen molar-refractivity contribution in [1.29, 1.82) is 0 Å². The summed E-state index contributed by atoms with van der Waals surface area (Å²) in [7, 11) is 1.71. The predicted octanol–water partition coefficient (Wildman–Crippen LogP) is 0.622. The van der Waals surface area contributed by atoms with Gasteiger partial charge in [0.05, 0.1) is 12.7 Å². The third-order valence-electron chi connectivity index (χ3n) is 2.74. The lowest BCUT2D eigenvalue weighted by Gasteiger charge is -2.03. The molecule has 0 fully saturated rings. The van der Waals surface area contributed by atoms with Crippen molar-refractivity contribution in [3.8, 4) is 0 Å². The molecule has 0 spiro atoms. The highest BCUT2D eigenvalue weighted by Crippen LogP contribution is 2.06. The Kier molecular flexibility index (Phi) is 2.75. The van der Waals surface area contributed by atoms with Crippen LogP contribution >= 0.6 is 11.6 Å². The van der Waals surface area contributed by atoms with Crippen molar-refractivity contribution in [2.24, 2.45) is 7.05 Å². The summed E-state index contributed by atoms with van der Waals surface area (Å²) in [5, 5.41) is 12.7. The molecule has 19 heavy (non-hydrogen) atoms. The van der Waals surface area contributed by atoms with Gasteiger partial charge in [0.25, 0.3) is 5.56 Å². The summed E-state index contributed by atoms with van der Waals surface area (Å²) in [6.45, 7) is 0.292. The summed E-state index contributed by atoms with van der Waals surface area (Å²) in [6, 6.07) is 3.45. The van der Waals surface area contributed by atoms with Gasteiger partial charge >= 0.3 is 0 Å². The van der Waals surface area contributed by atoms with Crippen LogP contribution < -0.4 is 5.56 Å². The number of pyridine rings is 1. The number of aryl methyl sites for hydroxylation is 1. The summed E-state index contributed by atoms with van der Waals surface area (Å²) < 4.78 is 2.78. The molecule has 3 aromatic heterocycles. The second kappa shape index (κ2) is 4.43. The van der Waals surface area contributed by atoms with Gasteiger partial charge in [0.15, 0.2) is 5.65 Å². The molecule has 0 N–H and O–H groups in total. The minimum absolute atomic E-state index is 0.229. The van der Waals surface area contributed by atoms with Gasteiger partial charge in [-0.25, -0.2) is 14.3 Å². The molecule has 0 aliphatic rings. The van der Waals surface area contributed by atoms with Crippen LogP contribution in [0.15, 0.2) is 29.3 Å². The number of rotatable bonds is 2. The monoisotopic (exact) mass is 276 g/mol. The van der Waals surface area contributed by atoms with Gasteiger partial charge < -0.3 is 0 Å². The molecule has 7 nitrogen and oxygen atoms in total. The summed E-state index contributed by atoms with van der Waals surface area (Å²) in [5.41, 5.74) is 1.06. The van der Waals surface area contributed by atoms with E-state index >= 15 is 0 Å². The summed E-state index contributed by atoms with van der Waals surface area (Å²) >= 11 is 5.71. The lowest BCUT2D eigenvalue weighted by Crippen LogP contribution is -2.24. The number of halogens is 1. The largest absolute Gasteiger partial charge is 0.281 e. The van der Waals surface area contributed by atoms with Crippen LogP contribution in [0.1, 0.15) is 5.56 Å². The Morgan fingerprint density at radius 1 is 1.32 bits per heavy atom. The normalized spacial score (nSPS) is 11.1. The van der Waals surface area contributed by atoms with Crippen LogP contribution in [-0.2, 0) is 13.6 Å². The third kappa shape index (κ3) is 2.08. The molecule has 0 saturated carbocycles. The molecular weight excluding hydrogens is 268 g/mol. The minimum Gasteiger partial charge on any atom is -0.267 e. The lowest BCUT2D eigenvalue weighted by atomic mass is 10.3. The first-order valence-corrected chi connectivity index (χ1v) is 5.89. The minimum atomic E-state index is -0.229. The van der Waals surface area contributed by atoms with Gasteiger partial charge in [0, 0.05) is 13.2 Å². The quantitative estimate of drug-likeness (QED) is 0.641. The van der Waals surface area contributed by atoms with E-state index in [-0.39, 0.29) is 5.56 Å². The van der Waals surface area contributed by atoms with E-state index in [2.05, 4.69) is 20.4 Å².